The van der Waals surface area contributed by atoms with E-state index in [-0.39, 0.29) is 17.9 Å². The summed E-state index contributed by atoms with van der Waals surface area (Å²) < 4.78 is 15.5. The summed E-state index contributed by atoms with van der Waals surface area (Å²) in [6, 6.07) is 0. The number of methoxy groups -OCH3 is 1. The van der Waals surface area contributed by atoms with Crippen molar-refractivity contribution in [2.24, 2.45) is 17.6 Å². The van der Waals surface area contributed by atoms with Crippen LogP contribution in [0.15, 0.2) is 71.4 Å². The lowest BCUT2D eigenvalue weighted by Crippen LogP contribution is -2.43. The molecule has 0 aromatic heterocycles. The lowest BCUT2D eigenvalue weighted by molar-refractivity contribution is -0.157. The zero-order valence-corrected chi connectivity index (χ0v) is 29.0. The van der Waals surface area contributed by atoms with Crippen LogP contribution < -0.4 is 5.73 Å². The quantitative estimate of drug-likeness (QED) is 0.0421. The summed E-state index contributed by atoms with van der Waals surface area (Å²) in [4.78, 5) is 47.2. The van der Waals surface area contributed by atoms with E-state index in [4.69, 9.17) is 48.3 Å². The summed E-state index contributed by atoms with van der Waals surface area (Å²) in [6.07, 6.45) is 8.48. The Morgan fingerprint density at radius 3 is 2.27 bits per heavy atom. The molecule has 1 amide bonds. The number of halogens is 2. The first-order valence-electron chi connectivity index (χ1n) is 15.5. The molecule has 0 aromatic rings. The number of nitrogens with two attached hydrogens (primary N) is 1. The van der Waals surface area contributed by atoms with E-state index in [2.05, 4.69) is 0 Å². The average molecular weight is 717 g/mol. The van der Waals surface area contributed by atoms with Crippen molar-refractivity contribution in [3.8, 4) is 0 Å². The molecule has 0 saturated heterocycles. The molecule has 12 nitrogen and oxygen atoms in total. The van der Waals surface area contributed by atoms with Crippen molar-refractivity contribution in [3.05, 3.63) is 71.4 Å². The number of ketones is 1. The van der Waals surface area contributed by atoms with Gasteiger partial charge in [-0.25, -0.2) is 9.59 Å². The molecular formula is C34H47Cl2NO11. The van der Waals surface area contributed by atoms with Gasteiger partial charge >= 0.3 is 18.0 Å². The van der Waals surface area contributed by atoms with Crippen LogP contribution in [0, 0.1) is 11.8 Å². The van der Waals surface area contributed by atoms with Crippen LogP contribution in [-0.2, 0) is 28.6 Å². The second-order valence-electron chi connectivity index (χ2n) is 11.3. The van der Waals surface area contributed by atoms with Gasteiger partial charge in [0.1, 0.15) is 23.7 Å². The van der Waals surface area contributed by atoms with Gasteiger partial charge in [0.15, 0.2) is 5.78 Å². The van der Waals surface area contributed by atoms with E-state index in [1.165, 1.54) is 25.3 Å². The van der Waals surface area contributed by atoms with Gasteiger partial charge in [-0.2, -0.15) is 0 Å². The molecule has 0 heterocycles. The molecule has 14 heteroatoms. The highest BCUT2D eigenvalue weighted by atomic mass is 35.5. The van der Waals surface area contributed by atoms with Crippen LogP contribution in [0.1, 0.15) is 52.9 Å². The number of carboxylic acids is 1. The lowest BCUT2D eigenvalue weighted by Gasteiger charge is -2.30. The minimum Gasteiger partial charge on any atom is -0.481 e. The molecule has 6 N–H and O–H groups in total. The number of carboxylic acid groups (broad SMARTS) is 1. The molecule has 1 fully saturated rings. The number of hydrogen-bond acceptors (Lipinski definition) is 10. The minimum absolute atomic E-state index is 0.0406. The third-order valence-corrected chi connectivity index (χ3v) is 8.56. The lowest BCUT2D eigenvalue weighted by atomic mass is 9.85. The molecule has 1 rings (SSSR count). The highest BCUT2D eigenvalue weighted by Gasteiger charge is 2.36. The van der Waals surface area contributed by atoms with E-state index >= 15 is 0 Å². The summed E-state index contributed by atoms with van der Waals surface area (Å²) in [5.74, 6) is -3.63. The molecule has 1 aliphatic rings. The summed E-state index contributed by atoms with van der Waals surface area (Å²) in [5, 5.41) is 39.5. The van der Waals surface area contributed by atoms with Crippen molar-refractivity contribution >= 4 is 47.0 Å². The van der Waals surface area contributed by atoms with Crippen molar-refractivity contribution in [2.75, 3.05) is 7.11 Å². The highest BCUT2D eigenvalue weighted by molar-refractivity contribution is 6.30. The largest absolute Gasteiger partial charge is 0.481 e. The smallest absolute Gasteiger partial charge is 0.405 e. The Hall–Kier alpha value is -3.26. The number of alkyl halides is 1. The molecule has 268 valence electrons. The number of primary amides is 1. The monoisotopic (exact) mass is 715 g/mol. The first-order chi connectivity index (χ1) is 22.6. The standard InChI is InChI=1S/C34H47Cl2NO11/c1-5-6-14-28(48-34(37)45)30(36)25(39)19-26(40)31(42)32(46-4)21(3)23(35)13-9-7-11-20(2)12-8-10-15-29(41)47-27-17-16-22(33(43)44)18-24(27)38/h6-15,21-22,24-25,27-28,30-32,38-39,42H,5,16-19H2,1-4H3,(H2,37,45)(H,43,44)/b9-7+,12-8+,14-6+,15-10+,20-11+,23-13-/t21?,22-,24+,25?,27-,28?,30?,31?,32?/m1/s1. The topological polar surface area (TPSA) is 203 Å². The van der Waals surface area contributed by atoms with Crippen LogP contribution in [0.3, 0.4) is 0 Å². The zero-order valence-electron chi connectivity index (χ0n) is 27.5. The number of hydrogen-bond donors (Lipinski definition) is 5. The summed E-state index contributed by atoms with van der Waals surface area (Å²) in [7, 11) is 1.31. The number of aliphatic hydroxyl groups excluding tert-OH is 3. The van der Waals surface area contributed by atoms with Crippen molar-refractivity contribution in [2.45, 2.75) is 94.9 Å². The van der Waals surface area contributed by atoms with Crippen LogP contribution >= 0.6 is 23.2 Å². The molecule has 9 atom stereocenters. The number of Topliss-reactive ketones (excluding diaryl/α,β-unsaturated/α-hetero) is 1. The van der Waals surface area contributed by atoms with Crippen molar-refractivity contribution in [1.82, 2.24) is 0 Å². The van der Waals surface area contributed by atoms with Crippen molar-refractivity contribution < 1.29 is 53.8 Å². The average Bonchev–Trinajstić information content (AvgIpc) is 3.03. The summed E-state index contributed by atoms with van der Waals surface area (Å²) in [6.45, 7) is 5.32. The van der Waals surface area contributed by atoms with Crippen LogP contribution in [0.25, 0.3) is 0 Å². The Bertz CT molecular complexity index is 1260. The van der Waals surface area contributed by atoms with Gasteiger partial charge in [0.25, 0.3) is 0 Å². The molecule has 48 heavy (non-hydrogen) atoms. The number of rotatable bonds is 19. The first-order valence-corrected chi connectivity index (χ1v) is 16.3. The predicted molar refractivity (Wildman–Crippen MR) is 181 cm³/mol. The zero-order chi connectivity index (χ0) is 36.4. The summed E-state index contributed by atoms with van der Waals surface area (Å²) >= 11 is 12.7. The Morgan fingerprint density at radius 2 is 1.69 bits per heavy atom. The van der Waals surface area contributed by atoms with Gasteiger partial charge in [0.05, 0.1) is 24.2 Å². The molecule has 0 aromatic carbocycles. The highest BCUT2D eigenvalue weighted by Crippen LogP contribution is 2.27. The van der Waals surface area contributed by atoms with Crippen LogP contribution in [-0.4, -0.2) is 93.4 Å². The number of aliphatic carboxylic acids is 1. The Balaban J connectivity index is 2.70. The van der Waals surface area contributed by atoms with Crippen molar-refractivity contribution in [3.63, 3.8) is 0 Å². The Morgan fingerprint density at radius 1 is 1.04 bits per heavy atom. The van der Waals surface area contributed by atoms with E-state index in [1.807, 2.05) is 13.8 Å². The molecule has 0 radical (unpaired) electrons. The Labute approximate surface area is 291 Å². The van der Waals surface area contributed by atoms with E-state index < -0.39 is 84.1 Å². The van der Waals surface area contributed by atoms with Gasteiger partial charge in [0.2, 0.25) is 0 Å². The van der Waals surface area contributed by atoms with Gasteiger partial charge < -0.3 is 40.4 Å². The van der Waals surface area contributed by atoms with E-state index in [0.29, 0.717) is 12.8 Å². The van der Waals surface area contributed by atoms with Gasteiger partial charge in [-0.1, -0.05) is 73.6 Å². The number of allylic oxidation sites excluding steroid dienone is 9. The van der Waals surface area contributed by atoms with Gasteiger partial charge in [-0.3, -0.25) is 9.59 Å². The normalized spacial score (nSPS) is 23.2. The predicted octanol–water partition coefficient (Wildman–Crippen LogP) is 4.25. The minimum atomic E-state index is -1.65. The fourth-order valence-corrected chi connectivity index (χ4v) is 5.21. The molecule has 1 aliphatic carbocycles. The van der Waals surface area contributed by atoms with E-state index in [1.54, 1.807) is 49.5 Å². The molecule has 0 aliphatic heterocycles. The molecule has 0 bridgehead atoms. The second-order valence-corrected chi connectivity index (χ2v) is 12.3. The molecule has 6 unspecified atom stereocenters. The Kier molecular flexibility index (Phi) is 19.9. The van der Waals surface area contributed by atoms with Crippen LogP contribution in [0.5, 0.6) is 0 Å². The number of esters is 1. The summed E-state index contributed by atoms with van der Waals surface area (Å²) in [5.41, 5.74) is 5.90. The number of carbonyl (C=O) groups is 4. The number of ether oxygens (including phenoxy) is 3. The van der Waals surface area contributed by atoms with Crippen molar-refractivity contribution in [1.29, 1.82) is 0 Å². The molecule has 1 saturated carbocycles. The number of carbonyl (C=O) groups excluding carboxylic acids is 3. The van der Waals surface area contributed by atoms with Crippen LogP contribution in [0.4, 0.5) is 4.79 Å². The SMILES string of the molecule is CC/C=C/C(OC(N)=O)C(Cl)C(O)CC(=O)C(O)C(OC)C(C)/C(Cl)=C/C=C/C=C(C)/C=C/C=C/C(=O)O[C@@H]1CC[C@@H](C(=O)O)C[C@@H]1O. The maximum Gasteiger partial charge on any atom is 0.405 e. The second kappa shape index (κ2) is 22.4. The third-order valence-electron chi connectivity index (χ3n) is 7.55. The number of amides is 1. The fourth-order valence-electron chi connectivity index (χ4n) is 4.79. The van der Waals surface area contributed by atoms with Gasteiger partial charge in [0, 0.05) is 30.6 Å². The maximum atomic E-state index is 12.8. The maximum absolute atomic E-state index is 12.8. The first kappa shape index (κ1) is 42.8. The third kappa shape index (κ3) is 15.3. The van der Waals surface area contributed by atoms with E-state index in [9.17, 15) is 34.5 Å². The molecular weight excluding hydrogens is 669 g/mol. The van der Waals surface area contributed by atoms with Gasteiger partial charge in [-0.15, -0.1) is 11.6 Å². The molecule has 0 spiro atoms. The van der Waals surface area contributed by atoms with E-state index in [0.717, 1.165) is 5.57 Å². The fraction of sp³-hybridized carbons (Fsp3) is 0.529. The van der Waals surface area contributed by atoms with Gasteiger partial charge in [-0.05, 0) is 44.8 Å². The van der Waals surface area contributed by atoms with Crippen LogP contribution in [0.2, 0.25) is 0 Å². The number of aliphatic hydroxyl groups is 3.